The van der Waals surface area contributed by atoms with Gasteiger partial charge in [0, 0.05) is 12.6 Å². The molecule has 0 radical (unpaired) electrons. The molecule has 3 nitrogen and oxygen atoms in total. The molecule has 0 saturated carbocycles. The van der Waals surface area contributed by atoms with Crippen LogP contribution in [0.25, 0.3) is 0 Å². The fraction of sp³-hybridized carbons (Fsp3) is 0.368. The molecule has 0 amide bonds. The predicted molar refractivity (Wildman–Crippen MR) is 98.2 cm³/mol. The quantitative estimate of drug-likeness (QED) is 0.728. The van der Waals surface area contributed by atoms with Crippen molar-refractivity contribution in [1.82, 2.24) is 5.32 Å². The standard InChI is InChI=1S/C19H24BrNO2/c1-13(2)23-19-17(20)10-15(11-18(19)22-4)12-21-14(3)16-8-6-5-7-9-16/h5-11,13-14,21H,12H2,1-4H3. The minimum absolute atomic E-state index is 0.0993. The summed E-state index contributed by atoms with van der Waals surface area (Å²) in [7, 11) is 1.67. The molecule has 2 aromatic rings. The van der Waals surface area contributed by atoms with Crippen LogP contribution in [-0.2, 0) is 6.54 Å². The Morgan fingerprint density at radius 3 is 2.39 bits per heavy atom. The van der Waals surface area contributed by atoms with Gasteiger partial charge in [-0.3, -0.25) is 0 Å². The zero-order valence-corrected chi connectivity index (χ0v) is 15.7. The van der Waals surface area contributed by atoms with Crippen LogP contribution in [0.5, 0.6) is 11.5 Å². The number of rotatable bonds is 7. The number of halogens is 1. The van der Waals surface area contributed by atoms with E-state index in [0.717, 1.165) is 28.1 Å². The molecule has 23 heavy (non-hydrogen) atoms. The number of ether oxygens (including phenoxy) is 2. The normalized spacial score (nSPS) is 12.3. The van der Waals surface area contributed by atoms with E-state index < -0.39 is 0 Å². The van der Waals surface area contributed by atoms with Crippen molar-refractivity contribution < 1.29 is 9.47 Å². The number of benzene rings is 2. The summed E-state index contributed by atoms with van der Waals surface area (Å²) in [6.45, 7) is 6.93. The van der Waals surface area contributed by atoms with E-state index >= 15 is 0 Å². The number of nitrogens with one attached hydrogen (secondary N) is 1. The molecule has 0 aromatic heterocycles. The average molecular weight is 378 g/mol. The van der Waals surface area contributed by atoms with Gasteiger partial charge >= 0.3 is 0 Å². The molecule has 1 N–H and O–H groups in total. The van der Waals surface area contributed by atoms with E-state index in [0.29, 0.717) is 0 Å². The van der Waals surface area contributed by atoms with Gasteiger partial charge in [0.15, 0.2) is 11.5 Å². The van der Waals surface area contributed by atoms with Gasteiger partial charge in [-0.2, -0.15) is 0 Å². The van der Waals surface area contributed by atoms with Gasteiger partial charge in [0.2, 0.25) is 0 Å². The van der Waals surface area contributed by atoms with Crippen LogP contribution in [0.4, 0.5) is 0 Å². The van der Waals surface area contributed by atoms with Gasteiger partial charge in [0.05, 0.1) is 17.7 Å². The maximum absolute atomic E-state index is 5.82. The van der Waals surface area contributed by atoms with Crippen molar-refractivity contribution in [2.45, 2.75) is 39.5 Å². The number of methoxy groups -OCH3 is 1. The van der Waals surface area contributed by atoms with Crippen molar-refractivity contribution in [2.75, 3.05) is 7.11 Å². The van der Waals surface area contributed by atoms with Crippen molar-refractivity contribution in [1.29, 1.82) is 0 Å². The first-order valence-electron chi connectivity index (χ1n) is 7.82. The minimum Gasteiger partial charge on any atom is -0.493 e. The van der Waals surface area contributed by atoms with E-state index in [9.17, 15) is 0 Å². The first-order valence-corrected chi connectivity index (χ1v) is 8.62. The molecule has 4 heteroatoms. The lowest BCUT2D eigenvalue weighted by atomic mass is 10.1. The van der Waals surface area contributed by atoms with E-state index in [4.69, 9.17) is 9.47 Å². The summed E-state index contributed by atoms with van der Waals surface area (Å²) < 4.78 is 12.2. The summed E-state index contributed by atoms with van der Waals surface area (Å²) in [5.41, 5.74) is 2.42. The number of hydrogen-bond acceptors (Lipinski definition) is 3. The van der Waals surface area contributed by atoms with Crippen LogP contribution in [0, 0.1) is 0 Å². The third kappa shape index (κ3) is 4.98. The zero-order valence-electron chi connectivity index (χ0n) is 14.1. The molecule has 0 heterocycles. The summed E-state index contributed by atoms with van der Waals surface area (Å²) in [6.07, 6.45) is 0.0993. The van der Waals surface area contributed by atoms with Crippen LogP contribution < -0.4 is 14.8 Å². The van der Waals surface area contributed by atoms with Crippen molar-refractivity contribution >= 4 is 15.9 Å². The largest absolute Gasteiger partial charge is 0.493 e. The van der Waals surface area contributed by atoms with Crippen LogP contribution in [-0.4, -0.2) is 13.2 Å². The summed E-state index contributed by atoms with van der Waals surface area (Å²) in [6, 6.07) is 14.8. The molecule has 0 spiro atoms. The summed E-state index contributed by atoms with van der Waals surface area (Å²) in [4.78, 5) is 0. The molecular weight excluding hydrogens is 354 g/mol. The highest BCUT2D eigenvalue weighted by Crippen LogP contribution is 2.37. The lowest BCUT2D eigenvalue weighted by molar-refractivity contribution is 0.228. The molecule has 0 aliphatic rings. The topological polar surface area (TPSA) is 30.5 Å². The lowest BCUT2D eigenvalue weighted by Crippen LogP contribution is -2.18. The van der Waals surface area contributed by atoms with Crippen LogP contribution in [0.15, 0.2) is 46.9 Å². The Labute approximate surface area is 147 Å². The Morgan fingerprint density at radius 1 is 1.09 bits per heavy atom. The second kappa shape index (κ2) is 8.37. The van der Waals surface area contributed by atoms with Gasteiger partial charge in [-0.15, -0.1) is 0 Å². The lowest BCUT2D eigenvalue weighted by Gasteiger charge is -2.18. The highest BCUT2D eigenvalue weighted by molar-refractivity contribution is 9.10. The van der Waals surface area contributed by atoms with Gasteiger partial charge in [0.25, 0.3) is 0 Å². The monoisotopic (exact) mass is 377 g/mol. The molecular formula is C19H24BrNO2. The summed E-state index contributed by atoms with van der Waals surface area (Å²) in [5.74, 6) is 1.50. The SMILES string of the molecule is COc1cc(CNC(C)c2ccccc2)cc(Br)c1OC(C)C. The molecule has 2 aromatic carbocycles. The first-order chi connectivity index (χ1) is 11.0. The Balaban J connectivity index is 2.10. The fourth-order valence-corrected chi connectivity index (χ4v) is 2.94. The van der Waals surface area contributed by atoms with Crippen molar-refractivity contribution in [3.8, 4) is 11.5 Å². The molecule has 0 aliphatic carbocycles. The predicted octanol–water partition coefficient (Wildman–Crippen LogP) is 5.10. The van der Waals surface area contributed by atoms with Crippen LogP contribution in [0.2, 0.25) is 0 Å². The maximum Gasteiger partial charge on any atom is 0.175 e. The van der Waals surface area contributed by atoms with Crippen molar-refractivity contribution in [2.24, 2.45) is 0 Å². The van der Waals surface area contributed by atoms with Gasteiger partial charge in [-0.25, -0.2) is 0 Å². The second-order valence-electron chi connectivity index (χ2n) is 5.79. The van der Waals surface area contributed by atoms with Gasteiger partial charge < -0.3 is 14.8 Å². The Morgan fingerprint density at radius 2 is 1.78 bits per heavy atom. The summed E-state index contributed by atoms with van der Waals surface area (Å²) >= 11 is 3.59. The molecule has 0 bridgehead atoms. The minimum atomic E-state index is 0.0993. The van der Waals surface area contributed by atoms with Gasteiger partial charge in [-0.05, 0) is 60.0 Å². The van der Waals surface area contributed by atoms with Gasteiger partial charge in [-0.1, -0.05) is 30.3 Å². The first kappa shape index (κ1) is 17.8. The Hall–Kier alpha value is -1.52. The zero-order chi connectivity index (χ0) is 16.8. The molecule has 0 saturated heterocycles. The van der Waals surface area contributed by atoms with E-state index in [-0.39, 0.29) is 12.1 Å². The highest BCUT2D eigenvalue weighted by Gasteiger charge is 2.13. The summed E-state index contributed by atoms with van der Waals surface area (Å²) in [5, 5.41) is 3.54. The van der Waals surface area contributed by atoms with E-state index in [2.05, 4.69) is 58.5 Å². The molecule has 124 valence electrons. The third-order valence-electron chi connectivity index (χ3n) is 3.55. The van der Waals surface area contributed by atoms with E-state index in [1.165, 1.54) is 5.56 Å². The smallest absolute Gasteiger partial charge is 0.175 e. The van der Waals surface area contributed by atoms with Crippen LogP contribution in [0.1, 0.15) is 37.9 Å². The third-order valence-corrected chi connectivity index (χ3v) is 4.14. The average Bonchev–Trinajstić information content (AvgIpc) is 2.55. The van der Waals surface area contributed by atoms with Crippen molar-refractivity contribution in [3.05, 3.63) is 58.1 Å². The van der Waals surface area contributed by atoms with Gasteiger partial charge in [0.1, 0.15) is 0 Å². The Kier molecular flexibility index (Phi) is 6.48. The maximum atomic E-state index is 5.82. The van der Waals surface area contributed by atoms with Crippen LogP contribution >= 0.6 is 15.9 Å². The van der Waals surface area contributed by atoms with Crippen LogP contribution in [0.3, 0.4) is 0 Å². The fourth-order valence-electron chi connectivity index (χ4n) is 2.36. The second-order valence-corrected chi connectivity index (χ2v) is 6.64. The molecule has 1 atom stereocenters. The van der Waals surface area contributed by atoms with E-state index in [1.807, 2.05) is 26.0 Å². The molecule has 0 aliphatic heterocycles. The van der Waals surface area contributed by atoms with E-state index in [1.54, 1.807) is 7.11 Å². The molecule has 0 fully saturated rings. The van der Waals surface area contributed by atoms with Crippen molar-refractivity contribution in [3.63, 3.8) is 0 Å². The number of hydrogen-bond donors (Lipinski definition) is 1. The highest BCUT2D eigenvalue weighted by atomic mass is 79.9. The Bertz CT molecular complexity index is 629. The molecule has 1 unspecified atom stereocenters. The molecule has 2 rings (SSSR count).